The molecule has 2 amide bonds. The Balaban J connectivity index is 2.71. The number of rotatable bonds is 5. The van der Waals surface area contributed by atoms with Crippen LogP contribution in [0.2, 0.25) is 0 Å². The summed E-state index contributed by atoms with van der Waals surface area (Å²) < 4.78 is 0. The number of amides is 2. The number of hydrogen-bond donors (Lipinski definition) is 2. The highest BCUT2D eigenvalue weighted by Gasteiger charge is 2.21. The summed E-state index contributed by atoms with van der Waals surface area (Å²) in [5, 5.41) is 11.2. The fraction of sp³-hybridized carbons (Fsp3) is 0.333. The van der Waals surface area contributed by atoms with Crippen LogP contribution in [0.4, 0.5) is 0 Å². The van der Waals surface area contributed by atoms with Gasteiger partial charge in [0.25, 0.3) is 5.91 Å². The predicted octanol–water partition coefficient (Wildman–Crippen LogP) is 0.215. The fourth-order valence-electron chi connectivity index (χ4n) is 1.39. The van der Waals surface area contributed by atoms with E-state index in [4.69, 9.17) is 11.0 Å². The summed E-state index contributed by atoms with van der Waals surface area (Å²) in [6, 6.07) is 4.33. The molecule has 0 spiro atoms. The molecule has 0 aliphatic rings. The van der Waals surface area contributed by atoms with Crippen LogP contribution in [-0.2, 0) is 4.79 Å². The monoisotopic (exact) mass is 246 g/mol. The van der Waals surface area contributed by atoms with E-state index < -0.39 is 17.9 Å². The van der Waals surface area contributed by atoms with E-state index in [1.54, 1.807) is 25.3 Å². The fourth-order valence-corrected chi connectivity index (χ4v) is 1.39. The number of nitrogens with one attached hydrogen (secondary N) is 1. The van der Waals surface area contributed by atoms with Gasteiger partial charge in [0.15, 0.2) is 0 Å². The molecule has 0 bridgehead atoms. The molecule has 94 valence electrons. The molecule has 0 fully saturated rings. The van der Waals surface area contributed by atoms with Crippen LogP contribution in [0.3, 0.4) is 0 Å². The first-order chi connectivity index (χ1) is 8.54. The third-order valence-electron chi connectivity index (χ3n) is 2.38. The van der Waals surface area contributed by atoms with Crippen molar-refractivity contribution in [1.29, 1.82) is 5.26 Å². The van der Waals surface area contributed by atoms with Gasteiger partial charge in [-0.2, -0.15) is 5.26 Å². The number of carbonyl (C=O) groups is 2. The van der Waals surface area contributed by atoms with Gasteiger partial charge in [0.1, 0.15) is 6.04 Å². The van der Waals surface area contributed by atoms with E-state index in [1.807, 2.05) is 6.07 Å². The molecule has 2 atom stereocenters. The van der Waals surface area contributed by atoms with Crippen LogP contribution in [-0.4, -0.2) is 22.8 Å². The van der Waals surface area contributed by atoms with Crippen molar-refractivity contribution in [3.63, 3.8) is 0 Å². The van der Waals surface area contributed by atoms with Gasteiger partial charge in [-0.3, -0.25) is 14.6 Å². The molecule has 18 heavy (non-hydrogen) atoms. The van der Waals surface area contributed by atoms with Crippen LogP contribution in [0, 0.1) is 17.2 Å². The first kappa shape index (κ1) is 13.6. The Bertz CT molecular complexity index is 467. The minimum Gasteiger partial charge on any atom is -0.368 e. The topological polar surface area (TPSA) is 109 Å². The van der Waals surface area contributed by atoms with Crippen molar-refractivity contribution in [3.8, 4) is 6.07 Å². The Morgan fingerprint density at radius 3 is 2.83 bits per heavy atom. The van der Waals surface area contributed by atoms with Crippen molar-refractivity contribution in [2.24, 2.45) is 11.7 Å². The molecule has 6 heteroatoms. The van der Waals surface area contributed by atoms with E-state index in [0.29, 0.717) is 5.56 Å². The largest absolute Gasteiger partial charge is 0.368 e. The molecule has 1 heterocycles. The zero-order valence-corrected chi connectivity index (χ0v) is 9.96. The minimum atomic E-state index is -0.854. The van der Waals surface area contributed by atoms with Crippen LogP contribution in [0.15, 0.2) is 24.5 Å². The van der Waals surface area contributed by atoms with E-state index in [1.165, 1.54) is 6.20 Å². The summed E-state index contributed by atoms with van der Waals surface area (Å²) in [6.07, 6.45) is 3.12. The lowest BCUT2D eigenvalue weighted by molar-refractivity contribution is -0.120. The van der Waals surface area contributed by atoms with Gasteiger partial charge in [0.05, 0.1) is 11.6 Å². The highest BCUT2D eigenvalue weighted by molar-refractivity contribution is 5.96. The first-order valence-corrected chi connectivity index (χ1v) is 5.44. The second-order valence-corrected chi connectivity index (χ2v) is 3.94. The summed E-state index contributed by atoms with van der Waals surface area (Å²) in [7, 11) is 0. The molecule has 0 aliphatic carbocycles. The Morgan fingerprint density at radius 1 is 1.61 bits per heavy atom. The van der Waals surface area contributed by atoms with Crippen molar-refractivity contribution >= 4 is 11.8 Å². The van der Waals surface area contributed by atoms with Crippen molar-refractivity contribution in [2.45, 2.75) is 19.4 Å². The lowest BCUT2D eigenvalue weighted by Gasteiger charge is -2.16. The third kappa shape index (κ3) is 3.87. The maximum absolute atomic E-state index is 11.8. The Hall–Kier alpha value is -2.42. The molecule has 0 aromatic carbocycles. The second-order valence-electron chi connectivity index (χ2n) is 3.94. The maximum Gasteiger partial charge on any atom is 0.253 e. The summed E-state index contributed by atoms with van der Waals surface area (Å²) in [5.74, 6) is -1.46. The minimum absolute atomic E-state index is 0.192. The molecule has 0 aliphatic heterocycles. The van der Waals surface area contributed by atoms with Gasteiger partial charge >= 0.3 is 0 Å². The van der Waals surface area contributed by atoms with E-state index in [0.717, 1.165) is 0 Å². The smallest absolute Gasteiger partial charge is 0.253 e. The lowest BCUT2D eigenvalue weighted by atomic mass is 10.0. The Labute approximate surface area is 105 Å². The van der Waals surface area contributed by atoms with Gasteiger partial charge in [-0.25, -0.2) is 0 Å². The number of carbonyl (C=O) groups excluding carboxylic acids is 2. The van der Waals surface area contributed by atoms with E-state index >= 15 is 0 Å². The van der Waals surface area contributed by atoms with Crippen LogP contribution in [0.25, 0.3) is 0 Å². The average Bonchev–Trinajstić information content (AvgIpc) is 2.38. The van der Waals surface area contributed by atoms with Gasteiger partial charge in [-0.05, 0) is 25.5 Å². The molecule has 0 saturated carbocycles. The normalized spacial score (nSPS) is 13.1. The first-order valence-electron chi connectivity index (χ1n) is 5.44. The molecular formula is C12H14N4O2. The van der Waals surface area contributed by atoms with Gasteiger partial charge in [-0.15, -0.1) is 0 Å². The standard InChI is InChI=1S/C12H14N4O2/c1-8(6-13)5-10(11(14)17)16-12(18)9-3-2-4-15-7-9/h2-4,7-8,10H,5H2,1H3,(H2,14,17)(H,16,18)/t8-,10-/m1/s1. The average molecular weight is 246 g/mol. The lowest BCUT2D eigenvalue weighted by Crippen LogP contribution is -2.45. The second kappa shape index (κ2) is 6.35. The molecule has 0 unspecified atom stereocenters. The van der Waals surface area contributed by atoms with Crippen LogP contribution >= 0.6 is 0 Å². The maximum atomic E-state index is 11.8. The van der Waals surface area contributed by atoms with E-state index in [9.17, 15) is 9.59 Å². The molecule has 0 saturated heterocycles. The van der Waals surface area contributed by atoms with Crippen molar-refractivity contribution in [2.75, 3.05) is 0 Å². The molecule has 6 nitrogen and oxygen atoms in total. The Kier molecular flexibility index (Phi) is 4.81. The molecular weight excluding hydrogens is 232 g/mol. The SMILES string of the molecule is C[C@@H](C#N)C[C@@H](NC(=O)c1cccnc1)C(N)=O. The van der Waals surface area contributed by atoms with Crippen molar-refractivity contribution < 1.29 is 9.59 Å². The van der Waals surface area contributed by atoms with Gasteiger partial charge in [0, 0.05) is 18.3 Å². The molecule has 1 aromatic rings. The number of hydrogen-bond acceptors (Lipinski definition) is 4. The number of primary amides is 1. The highest BCUT2D eigenvalue weighted by atomic mass is 16.2. The number of pyridine rings is 1. The Morgan fingerprint density at radius 2 is 2.33 bits per heavy atom. The quantitative estimate of drug-likeness (QED) is 0.774. The van der Waals surface area contributed by atoms with Gasteiger partial charge < -0.3 is 11.1 Å². The van der Waals surface area contributed by atoms with Gasteiger partial charge in [0.2, 0.25) is 5.91 Å². The van der Waals surface area contributed by atoms with Crippen LogP contribution in [0.1, 0.15) is 23.7 Å². The zero-order valence-electron chi connectivity index (χ0n) is 9.96. The molecule has 0 radical (unpaired) electrons. The number of nitrogens with two attached hydrogens (primary N) is 1. The van der Waals surface area contributed by atoms with Crippen molar-refractivity contribution in [1.82, 2.24) is 10.3 Å². The summed E-state index contributed by atoms with van der Waals surface area (Å²) in [4.78, 5) is 26.8. The van der Waals surface area contributed by atoms with E-state index in [-0.39, 0.29) is 12.3 Å². The van der Waals surface area contributed by atoms with Crippen molar-refractivity contribution in [3.05, 3.63) is 30.1 Å². The van der Waals surface area contributed by atoms with Crippen LogP contribution in [0.5, 0.6) is 0 Å². The number of nitriles is 1. The molecule has 1 rings (SSSR count). The molecule has 1 aromatic heterocycles. The van der Waals surface area contributed by atoms with E-state index in [2.05, 4.69) is 10.3 Å². The highest BCUT2D eigenvalue weighted by Crippen LogP contribution is 2.06. The summed E-state index contributed by atoms with van der Waals surface area (Å²) >= 11 is 0. The number of aromatic nitrogens is 1. The third-order valence-corrected chi connectivity index (χ3v) is 2.38. The predicted molar refractivity (Wildman–Crippen MR) is 64.1 cm³/mol. The zero-order chi connectivity index (χ0) is 13.5. The molecule has 3 N–H and O–H groups in total. The number of nitrogens with zero attached hydrogens (tertiary/aromatic N) is 2. The summed E-state index contributed by atoms with van der Waals surface area (Å²) in [5.41, 5.74) is 5.53. The van der Waals surface area contributed by atoms with Gasteiger partial charge in [-0.1, -0.05) is 0 Å². The summed E-state index contributed by atoms with van der Waals surface area (Å²) in [6.45, 7) is 1.66. The van der Waals surface area contributed by atoms with Crippen LogP contribution < -0.4 is 11.1 Å².